The number of fused-ring (bicyclic) bond motifs is 1. The van der Waals surface area contributed by atoms with Crippen LogP contribution in [0, 0.1) is 5.92 Å². The molecule has 0 aliphatic carbocycles. The highest BCUT2D eigenvalue weighted by molar-refractivity contribution is 5.84. The van der Waals surface area contributed by atoms with E-state index in [2.05, 4.69) is 58.7 Å². The molecule has 0 bridgehead atoms. The number of nitrogens with two attached hydrogens (primary N) is 1. The van der Waals surface area contributed by atoms with E-state index in [1.165, 1.54) is 0 Å². The Bertz CT molecular complexity index is 1390. The zero-order chi connectivity index (χ0) is 28.6. The van der Waals surface area contributed by atoms with Crippen molar-refractivity contribution in [1.29, 1.82) is 0 Å². The van der Waals surface area contributed by atoms with Crippen LogP contribution in [0.4, 0.5) is 11.8 Å². The second-order valence-corrected chi connectivity index (χ2v) is 10.7. The maximum atomic E-state index is 12.4. The smallest absolute Gasteiger partial charge is 0.322 e. The van der Waals surface area contributed by atoms with Gasteiger partial charge in [-0.1, -0.05) is 51.1 Å². The minimum atomic E-state index is -0.626. The lowest BCUT2D eigenvalue weighted by molar-refractivity contribution is -0.146. The van der Waals surface area contributed by atoms with E-state index in [0.717, 1.165) is 22.5 Å². The molecule has 0 amide bonds. The van der Waals surface area contributed by atoms with Crippen molar-refractivity contribution in [2.45, 2.75) is 72.1 Å². The first-order valence-corrected chi connectivity index (χ1v) is 13.9. The van der Waals surface area contributed by atoms with Crippen LogP contribution in [-0.4, -0.2) is 49.2 Å². The number of hydrogen-bond donors (Lipinski definition) is 3. The maximum Gasteiger partial charge on any atom is 0.322 e. The Kier molecular flexibility index (Phi) is 9.65. The molecule has 0 fully saturated rings. The molecule has 0 saturated heterocycles. The first-order chi connectivity index (χ1) is 19.2. The summed E-state index contributed by atoms with van der Waals surface area (Å²) in [5.41, 5.74) is 10.5. The van der Waals surface area contributed by atoms with Gasteiger partial charge in [0.15, 0.2) is 17.0 Å². The molecule has 1 aromatic carbocycles. The molecule has 4 rings (SSSR count). The third-order valence-corrected chi connectivity index (χ3v) is 6.63. The first-order valence-electron chi connectivity index (χ1n) is 13.9. The molecule has 3 heterocycles. The molecule has 3 aromatic heterocycles. The zero-order valence-corrected chi connectivity index (χ0v) is 24.0. The van der Waals surface area contributed by atoms with Crippen molar-refractivity contribution in [3.63, 3.8) is 0 Å². The Morgan fingerprint density at radius 3 is 2.48 bits per heavy atom. The van der Waals surface area contributed by atoms with Crippen molar-refractivity contribution in [2.75, 3.05) is 17.2 Å². The molecular weight excluding hydrogens is 504 g/mol. The highest BCUT2D eigenvalue weighted by Gasteiger charge is 2.20. The molecule has 2 atom stereocenters. The molecule has 0 aliphatic heterocycles. The number of nitrogens with one attached hydrogen (secondary N) is 2. The Morgan fingerprint density at radius 1 is 1.05 bits per heavy atom. The number of rotatable bonds is 13. The van der Waals surface area contributed by atoms with Gasteiger partial charge in [-0.25, -0.2) is 4.98 Å². The number of carbonyl (C=O) groups is 1. The minimum Gasteiger partial charge on any atom is -0.462 e. The molecule has 10 nitrogen and oxygen atoms in total. The summed E-state index contributed by atoms with van der Waals surface area (Å²) in [5.74, 6) is 1.00. The number of hydrogen-bond acceptors (Lipinski definition) is 9. The van der Waals surface area contributed by atoms with Gasteiger partial charge in [-0.05, 0) is 50.3 Å². The maximum absolute atomic E-state index is 12.4. The van der Waals surface area contributed by atoms with Crippen LogP contribution in [0.15, 0.2) is 55.0 Å². The fourth-order valence-corrected chi connectivity index (χ4v) is 4.33. The quantitative estimate of drug-likeness (QED) is 0.195. The van der Waals surface area contributed by atoms with E-state index in [0.29, 0.717) is 42.6 Å². The number of imidazole rings is 1. The Balaban J connectivity index is 1.50. The number of aromatic nitrogens is 5. The summed E-state index contributed by atoms with van der Waals surface area (Å²) < 4.78 is 7.54. The second kappa shape index (κ2) is 13.3. The van der Waals surface area contributed by atoms with Crippen molar-refractivity contribution in [3.05, 3.63) is 60.6 Å². The highest BCUT2D eigenvalue weighted by Crippen LogP contribution is 2.25. The molecule has 2 unspecified atom stereocenters. The van der Waals surface area contributed by atoms with Gasteiger partial charge in [0.1, 0.15) is 12.6 Å². The van der Waals surface area contributed by atoms with Gasteiger partial charge in [-0.15, -0.1) is 0 Å². The molecule has 40 heavy (non-hydrogen) atoms. The van der Waals surface area contributed by atoms with Crippen LogP contribution in [0.2, 0.25) is 0 Å². The normalized spacial score (nSPS) is 13.0. The summed E-state index contributed by atoms with van der Waals surface area (Å²) in [5, 5.41) is 6.79. The number of benzene rings is 1. The fraction of sp³-hybridized carbons (Fsp3) is 0.433. The average molecular weight is 545 g/mol. The van der Waals surface area contributed by atoms with Gasteiger partial charge >= 0.3 is 5.97 Å². The molecular formula is C30H40N8O2. The van der Waals surface area contributed by atoms with Crippen molar-refractivity contribution in [3.8, 4) is 11.3 Å². The van der Waals surface area contributed by atoms with Crippen molar-refractivity contribution >= 4 is 28.9 Å². The zero-order valence-electron chi connectivity index (χ0n) is 24.0. The molecule has 4 N–H and O–H groups in total. The number of pyridine rings is 1. The molecule has 0 aliphatic rings. The highest BCUT2D eigenvalue weighted by atomic mass is 16.5. The van der Waals surface area contributed by atoms with Crippen LogP contribution >= 0.6 is 0 Å². The largest absolute Gasteiger partial charge is 0.462 e. The first kappa shape index (κ1) is 28.9. The summed E-state index contributed by atoms with van der Waals surface area (Å²) >= 11 is 0. The van der Waals surface area contributed by atoms with E-state index in [1.54, 1.807) is 12.5 Å². The number of ether oxygens (including phenoxy) is 1. The van der Waals surface area contributed by atoms with Crippen LogP contribution in [0.25, 0.3) is 22.4 Å². The Labute approximate surface area is 235 Å². The molecule has 0 saturated carbocycles. The monoisotopic (exact) mass is 544 g/mol. The number of esters is 1. The van der Waals surface area contributed by atoms with E-state index in [9.17, 15) is 4.79 Å². The third kappa shape index (κ3) is 7.32. The van der Waals surface area contributed by atoms with Crippen molar-refractivity contribution in [1.82, 2.24) is 24.5 Å². The summed E-state index contributed by atoms with van der Waals surface area (Å²) in [6.45, 7) is 11.0. The van der Waals surface area contributed by atoms with Crippen LogP contribution in [0.1, 0.15) is 59.1 Å². The van der Waals surface area contributed by atoms with Crippen LogP contribution in [0.5, 0.6) is 0 Å². The topological polar surface area (TPSA) is 133 Å². The standard InChI is InChI=1S/C30H40N8O2/c1-6-23(17-40-29(39)24(31)15-19(2)3)35-30-36-27(26-28(37-30)38(18-34-26)20(4)5)33-16-21-10-12-22(13-11-21)25-9-7-8-14-32-25/h7-14,18-20,23-24H,6,15-17,31H2,1-5H3,(H2,33,35,36,37). The minimum absolute atomic E-state index is 0.171. The van der Waals surface area contributed by atoms with Crippen molar-refractivity contribution in [2.24, 2.45) is 11.7 Å². The molecule has 0 spiro atoms. The summed E-state index contributed by atoms with van der Waals surface area (Å²) in [7, 11) is 0. The van der Waals surface area contributed by atoms with Crippen molar-refractivity contribution < 1.29 is 9.53 Å². The Morgan fingerprint density at radius 2 is 1.82 bits per heavy atom. The lowest BCUT2D eigenvalue weighted by Gasteiger charge is -2.20. The van der Waals surface area contributed by atoms with Crippen LogP contribution < -0.4 is 16.4 Å². The number of carbonyl (C=O) groups excluding carboxylic acids is 1. The fourth-order valence-electron chi connectivity index (χ4n) is 4.33. The van der Waals surface area contributed by atoms with Crippen LogP contribution in [-0.2, 0) is 16.1 Å². The molecule has 10 heteroatoms. The third-order valence-electron chi connectivity index (χ3n) is 6.63. The van der Waals surface area contributed by atoms with Gasteiger partial charge in [0, 0.05) is 24.3 Å². The van der Waals surface area contributed by atoms with Gasteiger partial charge in [-0.2, -0.15) is 9.97 Å². The average Bonchev–Trinajstić information content (AvgIpc) is 3.38. The SMILES string of the molecule is CCC(COC(=O)C(N)CC(C)C)Nc1nc(NCc2ccc(-c3ccccn3)cc2)c2ncn(C(C)C)c2n1. The van der Waals surface area contributed by atoms with Gasteiger partial charge in [0.05, 0.1) is 18.1 Å². The van der Waals surface area contributed by atoms with E-state index >= 15 is 0 Å². The molecule has 212 valence electrons. The van der Waals surface area contributed by atoms with Gasteiger partial charge in [0.2, 0.25) is 5.95 Å². The molecule has 0 radical (unpaired) electrons. The van der Waals surface area contributed by atoms with E-state index in [4.69, 9.17) is 20.4 Å². The second-order valence-electron chi connectivity index (χ2n) is 10.7. The summed E-state index contributed by atoms with van der Waals surface area (Å²) in [4.78, 5) is 30.9. The van der Waals surface area contributed by atoms with Gasteiger partial charge in [0.25, 0.3) is 0 Å². The lowest BCUT2D eigenvalue weighted by atomic mass is 10.1. The van der Waals surface area contributed by atoms with E-state index in [-0.39, 0.29) is 24.7 Å². The van der Waals surface area contributed by atoms with E-state index < -0.39 is 6.04 Å². The predicted octanol–water partition coefficient (Wildman–Crippen LogP) is 5.19. The van der Waals surface area contributed by atoms with Gasteiger partial charge in [-0.3, -0.25) is 9.78 Å². The lowest BCUT2D eigenvalue weighted by Crippen LogP contribution is -2.36. The van der Waals surface area contributed by atoms with Crippen LogP contribution in [0.3, 0.4) is 0 Å². The predicted molar refractivity (Wildman–Crippen MR) is 159 cm³/mol. The van der Waals surface area contributed by atoms with E-state index in [1.807, 2.05) is 43.5 Å². The number of anilines is 2. The molecule has 4 aromatic rings. The number of nitrogens with zero attached hydrogens (tertiary/aromatic N) is 5. The Hall–Kier alpha value is -4.05. The summed E-state index contributed by atoms with van der Waals surface area (Å²) in [6, 6.07) is 13.5. The summed E-state index contributed by atoms with van der Waals surface area (Å²) in [6.07, 6.45) is 4.88. The van der Waals surface area contributed by atoms with Gasteiger partial charge < -0.3 is 25.7 Å².